The number of hydrogen-bond acceptors (Lipinski definition) is 4. The summed E-state index contributed by atoms with van der Waals surface area (Å²) in [6, 6.07) is 4.70. The average Bonchev–Trinajstić information content (AvgIpc) is 2.30. The van der Waals surface area contributed by atoms with Gasteiger partial charge in [-0.3, -0.25) is 14.6 Å². The van der Waals surface area contributed by atoms with Gasteiger partial charge >= 0.3 is 5.69 Å². The molecule has 0 radical (unpaired) electrons. The van der Waals surface area contributed by atoms with Gasteiger partial charge in [0.15, 0.2) is 0 Å². The molecule has 1 amide bonds. The molecule has 7 nitrogen and oxygen atoms in total. The number of benzene rings is 1. The molecule has 1 heterocycles. The number of aromatic nitrogens is 3. The Bertz CT molecular complexity index is 730. The number of nitrogens with zero attached hydrogens (tertiary/aromatic N) is 2. The first-order valence-electron chi connectivity index (χ1n) is 5.08. The number of aromatic amines is 1. The lowest BCUT2D eigenvalue weighted by atomic mass is 10.1. The minimum absolute atomic E-state index is 0.299. The van der Waals surface area contributed by atoms with Crippen LogP contribution in [0.2, 0.25) is 0 Å². The van der Waals surface area contributed by atoms with Gasteiger partial charge in [0.2, 0.25) is 5.91 Å². The van der Waals surface area contributed by atoms with Crippen LogP contribution in [-0.2, 0) is 0 Å². The molecule has 18 heavy (non-hydrogen) atoms. The van der Waals surface area contributed by atoms with E-state index in [0.29, 0.717) is 16.8 Å². The molecule has 0 aliphatic rings. The fourth-order valence-corrected chi connectivity index (χ4v) is 1.54. The third-order valence-electron chi connectivity index (χ3n) is 2.44. The summed E-state index contributed by atoms with van der Waals surface area (Å²) in [5.41, 5.74) is 5.31. The maximum absolute atomic E-state index is 11.5. The van der Waals surface area contributed by atoms with Crippen LogP contribution in [0.15, 0.2) is 34.0 Å². The molecule has 7 heteroatoms. The largest absolute Gasteiger partial charge is 0.366 e. The quantitative estimate of drug-likeness (QED) is 0.731. The maximum atomic E-state index is 11.5. The number of amides is 1. The van der Waals surface area contributed by atoms with Gasteiger partial charge < -0.3 is 5.73 Å². The Morgan fingerprint density at radius 2 is 2.11 bits per heavy atom. The van der Waals surface area contributed by atoms with Crippen LogP contribution < -0.4 is 17.0 Å². The van der Waals surface area contributed by atoms with Crippen LogP contribution in [0, 0.1) is 6.92 Å². The zero-order valence-electron chi connectivity index (χ0n) is 9.51. The van der Waals surface area contributed by atoms with E-state index >= 15 is 0 Å². The highest BCUT2D eigenvalue weighted by molar-refractivity contribution is 5.94. The van der Waals surface area contributed by atoms with Crippen molar-refractivity contribution in [3.8, 4) is 5.69 Å². The molecular weight excluding hydrogens is 236 g/mol. The van der Waals surface area contributed by atoms with Gasteiger partial charge in [-0.25, -0.2) is 4.79 Å². The zero-order valence-corrected chi connectivity index (χ0v) is 9.51. The van der Waals surface area contributed by atoms with Crippen molar-refractivity contribution in [1.82, 2.24) is 14.8 Å². The van der Waals surface area contributed by atoms with Crippen LogP contribution in [0.1, 0.15) is 15.9 Å². The number of hydrogen-bond donors (Lipinski definition) is 2. The van der Waals surface area contributed by atoms with Crippen LogP contribution >= 0.6 is 0 Å². The summed E-state index contributed by atoms with van der Waals surface area (Å²) >= 11 is 0. The number of rotatable bonds is 2. The second-order valence-electron chi connectivity index (χ2n) is 3.71. The summed E-state index contributed by atoms with van der Waals surface area (Å²) in [5, 5.41) is 3.69. The van der Waals surface area contributed by atoms with E-state index in [9.17, 15) is 14.4 Å². The molecule has 0 fully saturated rings. The third-order valence-corrected chi connectivity index (χ3v) is 2.44. The lowest BCUT2D eigenvalue weighted by Crippen LogP contribution is -2.30. The predicted molar refractivity (Wildman–Crippen MR) is 63.7 cm³/mol. The van der Waals surface area contributed by atoms with Crippen molar-refractivity contribution in [2.45, 2.75) is 6.92 Å². The highest BCUT2D eigenvalue weighted by Gasteiger charge is 2.08. The summed E-state index contributed by atoms with van der Waals surface area (Å²) in [6.45, 7) is 1.73. The molecule has 0 saturated carbocycles. The number of carbonyl (C=O) groups excluding carboxylic acids is 1. The number of H-pyrrole nitrogens is 1. The van der Waals surface area contributed by atoms with E-state index in [1.165, 1.54) is 6.07 Å². The Morgan fingerprint density at radius 1 is 1.39 bits per heavy atom. The SMILES string of the molecule is Cc1ccc(-n2ncc(=O)[nH]c2=O)cc1C(N)=O. The summed E-state index contributed by atoms with van der Waals surface area (Å²) < 4.78 is 0.979. The first-order chi connectivity index (χ1) is 8.49. The van der Waals surface area contributed by atoms with E-state index in [1.807, 2.05) is 0 Å². The lowest BCUT2D eigenvalue weighted by molar-refractivity contribution is 0.0999. The smallest absolute Gasteiger partial charge is 0.349 e. The van der Waals surface area contributed by atoms with Crippen LogP contribution in [0.3, 0.4) is 0 Å². The summed E-state index contributed by atoms with van der Waals surface area (Å²) in [6.07, 6.45) is 0.977. The highest BCUT2D eigenvalue weighted by Crippen LogP contribution is 2.12. The van der Waals surface area contributed by atoms with E-state index in [-0.39, 0.29) is 0 Å². The fraction of sp³-hybridized carbons (Fsp3) is 0.0909. The zero-order chi connectivity index (χ0) is 13.3. The standard InChI is InChI=1S/C11H10N4O3/c1-6-2-3-7(4-8(6)10(12)17)15-11(18)14-9(16)5-13-15/h2-5H,1H3,(H2,12,17)(H,14,16,18). The molecule has 0 saturated heterocycles. The maximum Gasteiger partial charge on any atom is 0.349 e. The normalized spacial score (nSPS) is 10.3. The Hall–Kier alpha value is -2.70. The number of nitrogens with one attached hydrogen (secondary N) is 1. The van der Waals surface area contributed by atoms with Crippen LogP contribution in [-0.4, -0.2) is 20.7 Å². The van der Waals surface area contributed by atoms with Gasteiger partial charge in [-0.05, 0) is 24.6 Å². The van der Waals surface area contributed by atoms with Crippen molar-refractivity contribution in [2.24, 2.45) is 5.73 Å². The molecule has 3 N–H and O–H groups in total. The number of aryl methyl sites for hydroxylation is 1. The summed E-state index contributed by atoms with van der Waals surface area (Å²) in [5.74, 6) is -0.591. The van der Waals surface area contributed by atoms with Gasteiger partial charge in [0.25, 0.3) is 5.56 Å². The van der Waals surface area contributed by atoms with Gasteiger partial charge in [0.1, 0.15) is 6.20 Å². The topological polar surface area (TPSA) is 111 Å². The van der Waals surface area contributed by atoms with Crippen LogP contribution in [0.5, 0.6) is 0 Å². The first-order valence-corrected chi connectivity index (χ1v) is 5.08. The van der Waals surface area contributed by atoms with E-state index in [1.54, 1.807) is 19.1 Å². The molecule has 1 aromatic carbocycles. The Balaban J connectivity index is 2.65. The first kappa shape index (κ1) is 11.8. The molecule has 2 rings (SSSR count). The number of nitrogens with two attached hydrogens (primary N) is 1. The second-order valence-corrected chi connectivity index (χ2v) is 3.71. The van der Waals surface area contributed by atoms with Crippen molar-refractivity contribution in [3.05, 3.63) is 56.4 Å². The third kappa shape index (κ3) is 2.05. The molecule has 2 aromatic rings. The van der Waals surface area contributed by atoms with Crippen molar-refractivity contribution in [3.63, 3.8) is 0 Å². The molecule has 1 aromatic heterocycles. The number of primary amides is 1. The molecule has 0 bridgehead atoms. The Kier molecular flexibility index (Phi) is 2.80. The van der Waals surface area contributed by atoms with Gasteiger partial charge in [-0.15, -0.1) is 0 Å². The predicted octanol–water partition coefficient (Wildman–Crippen LogP) is -0.672. The van der Waals surface area contributed by atoms with Crippen molar-refractivity contribution >= 4 is 5.91 Å². The van der Waals surface area contributed by atoms with Crippen molar-refractivity contribution in [2.75, 3.05) is 0 Å². The number of carbonyl (C=O) groups is 1. The second kappa shape index (κ2) is 4.28. The van der Waals surface area contributed by atoms with E-state index in [4.69, 9.17) is 5.73 Å². The molecule has 0 aliphatic heterocycles. The minimum atomic E-state index is -0.679. The summed E-state index contributed by atoms with van der Waals surface area (Å²) in [7, 11) is 0. The monoisotopic (exact) mass is 246 g/mol. The Labute approximate surface area is 101 Å². The fourth-order valence-electron chi connectivity index (χ4n) is 1.54. The van der Waals surface area contributed by atoms with E-state index in [2.05, 4.69) is 10.1 Å². The molecule has 0 unspecified atom stereocenters. The van der Waals surface area contributed by atoms with E-state index < -0.39 is 17.2 Å². The van der Waals surface area contributed by atoms with E-state index in [0.717, 1.165) is 10.9 Å². The van der Waals surface area contributed by atoms with Gasteiger partial charge in [-0.2, -0.15) is 9.78 Å². The summed E-state index contributed by atoms with van der Waals surface area (Å²) in [4.78, 5) is 35.7. The van der Waals surface area contributed by atoms with Crippen molar-refractivity contribution < 1.29 is 4.79 Å². The van der Waals surface area contributed by atoms with Crippen LogP contribution in [0.25, 0.3) is 5.69 Å². The molecule has 92 valence electrons. The van der Waals surface area contributed by atoms with Gasteiger partial charge in [0, 0.05) is 5.56 Å². The average molecular weight is 246 g/mol. The van der Waals surface area contributed by atoms with Gasteiger partial charge in [-0.1, -0.05) is 6.07 Å². The van der Waals surface area contributed by atoms with Crippen LogP contribution in [0.4, 0.5) is 0 Å². The minimum Gasteiger partial charge on any atom is -0.366 e. The highest BCUT2D eigenvalue weighted by atomic mass is 16.2. The van der Waals surface area contributed by atoms with Crippen molar-refractivity contribution in [1.29, 1.82) is 0 Å². The molecule has 0 aliphatic carbocycles. The molecule has 0 spiro atoms. The molecule has 0 atom stereocenters. The lowest BCUT2D eigenvalue weighted by Gasteiger charge is -2.06. The molecular formula is C11H10N4O3. The van der Waals surface area contributed by atoms with Gasteiger partial charge in [0.05, 0.1) is 5.69 Å². The Morgan fingerprint density at radius 3 is 2.72 bits per heavy atom.